The van der Waals surface area contributed by atoms with Crippen LogP contribution in [0.25, 0.3) is 0 Å². The minimum atomic E-state index is 0.0245. The van der Waals surface area contributed by atoms with Crippen LogP contribution in [0.2, 0.25) is 0 Å². The van der Waals surface area contributed by atoms with E-state index in [1.807, 2.05) is 37.9 Å². The lowest BCUT2D eigenvalue weighted by Crippen LogP contribution is -2.46. The largest absolute Gasteiger partial charge is 0.335 e. The Morgan fingerprint density at radius 2 is 2.18 bits per heavy atom. The third-order valence-electron chi connectivity index (χ3n) is 4.45. The van der Waals surface area contributed by atoms with Gasteiger partial charge in [0.2, 0.25) is 0 Å². The molecule has 0 aromatic carbocycles. The zero-order chi connectivity index (χ0) is 15.9. The summed E-state index contributed by atoms with van der Waals surface area (Å²) in [6.07, 6.45) is 8.24. The number of hydrogen-bond donors (Lipinski definition) is 1. The number of urea groups is 1. The van der Waals surface area contributed by atoms with Gasteiger partial charge < -0.3 is 10.2 Å². The summed E-state index contributed by atoms with van der Waals surface area (Å²) < 4.78 is 0. The summed E-state index contributed by atoms with van der Waals surface area (Å²) in [5, 5.41) is 3.92. The van der Waals surface area contributed by atoms with Gasteiger partial charge in [0, 0.05) is 30.7 Å². The molecule has 1 aromatic heterocycles. The lowest BCUT2D eigenvalue weighted by molar-refractivity contribution is 0.187. The van der Waals surface area contributed by atoms with Crippen LogP contribution in [-0.4, -0.2) is 40.0 Å². The van der Waals surface area contributed by atoms with E-state index in [9.17, 15) is 4.79 Å². The minimum absolute atomic E-state index is 0.0245. The maximum absolute atomic E-state index is 12.5. The van der Waals surface area contributed by atoms with Crippen molar-refractivity contribution in [1.82, 2.24) is 15.2 Å². The Balaban J connectivity index is 1.88. The number of aromatic nitrogens is 1. The van der Waals surface area contributed by atoms with Crippen LogP contribution in [0.3, 0.4) is 0 Å². The van der Waals surface area contributed by atoms with Crippen molar-refractivity contribution in [3.63, 3.8) is 0 Å². The molecule has 0 bridgehead atoms. The molecule has 1 N–H and O–H groups in total. The summed E-state index contributed by atoms with van der Waals surface area (Å²) in [4.78, 5) is 18.3. The second kappa shape index (κ2) is 8.42. The van der Waals surface area contributed by atoms with E-state index >= 15 is 0 Å². The fourth-order valence-electron chi connectivity index (χ4n) is 2.98. The highest BCUT2D eigenvalue weighted by atomic mass is 32.2. The Kier molecular flexibility index (Phi) is 6.55. The standard InChI is InChI=1S/C17H27N3OS/c1-4-22-16-7-5-6-15(12-16)19-17(21)20(3)13(2)14-8-10-18-11-9-14/h8-11,13,15-16H,4-7,12H2,1-3H3,(H,19,21). The Hall–Kier alpha value is -1.23. The van der Waals surface area contributed by atoms with Gasteiger partial charge in [-0.3, -0.25) is 4.98 Å². The van der Waals surface area contributed by atoms with E-state index in [-0.39, 0.29) is 12.1 Å². The molecule has 1 fully saturated rings. The van der Waals surface area contributed by atoms with Gasteiger partial charge in [-0.25, -0.2) is 4.79 Å². The Morgan fingerprint density at radius 1 is 1.45 bits per heavy atom. The Labute approximate surface area is 138 Å². The summed E-state index contributed by atoms with van der Waals surface area (Å²) in [5.41, 5.74) is 1.11. The molecule has 1 aliphatic rings. The van der Waals surface area contributed by atoms with Gasteiger partial charge in [-0.1, -0.05) is 13.3 Å². The molecule has 1 heterocycles. The number of nitrogens with zero attached hydrogens (tertiary/aromatic N) is 2. The zero-order valence-corrected chi connectivity index (χ0v) is 14.6. The summed E-state index contributed by atoms with van der Waals surface area (Å²) in [7, 11) is 1.86. The smallest absolute Gasteiger partial charge is 0.317 e. The van der Waals surface area contributed by atoms with Crippen LogP contribution < -0.4 is 5.32 Å². The maximum atomic E-state index is 12.5. The topological polar surface area (TPSA) is 45.2 Å². The minimum Gasteiger partial charge on any atom is -0.335 e. The molecule has 2 amide bonds. The quantitative estimate of drug-likeness (QED) is 0.896. The number of carbonyl (C=O) groups excluding carboxylic acids is 1. The van der Waals surface area contributed by atoms with E-state index in [4.69, 9.17) is 0 Å². The van der Waals surface area contributed by atoms with Crippen LogP contribution in [0.1, 0.15) is 51.1 Å². The lowest BCUT2D eigenvalue weighted by atomic mass is 9.95. The van der Waals surface area contributed by atoms with E-state index in [0.717, 1.165) is 24.2 Å². The number of nitrogens with one attached hydrogen (secondary N) is 1. The fourth-order valence-corrected chi connectivity index (χ4v) is 4.15. The molecule has 2 rings (SSSR count). The Bertz CT molecular complexity index is 466. The SMILES string of the molecule is CCSC1CCCC(NC(=O)N(C)C(C)c2ccncc2)C1. The molecule has 5 heteroatoms. The van der Waals surface area contributed by atoms with Gasteiger partial charge in [0.15, 0.2) is 0 Å². The molecular weight excluding hydrogens is 294 g/mol. The van der Waals surface area contributed by atoms with Crippen molar-refractivity contribution in [2.24, 2.45) is 0 Å². The van der Waals surface area contributed by atoms with Crippen molar-refractivity contribution >= 4 is 17.8 Å². The molecule has 122 valence electrons. The highest BCUT2D eigenvalue weighted by Crippen LogP contribution is 2.28. The Morgan fingerprint density at radius 3 is 2.86 bits per heavy atom. The van der Waals surface area contributed by atoms with Crippen molar-refractivity contribution in [2.45, 2.75) is 56.9 Å². The molecule has 3 unspecified atom stereocenters. The molecule has 0 radical (unpaired) electrons. The maximum Gasteiger partial charge on any atom is 0.317 e. The van der Waals surface area contributed by atoms with Crippen LogP contribution in [0.15, 0.2) is 24.5 Å². The summed E-state index contributed by atoms with van der Waals surface area (Å²) >= 11 is 2.02. The van der Waals surface area contributed by atoms with Crippen LogP contribution in [0.5, 0.6) is 0 Å². The van der Waals surface area contributed by atoms with Gasteiger partial charge in [-0.05, 0) is 49.6 Å². The first-order valence-corrected chi connectivity index (χ1v) is 9.21. The van der Waals surface area contributed by atoms with Gasteiger partial charge in [0.05, 0.1) is 6.04 Å². The third-order valence-corrected chi connectivity index (χ3v) is 5.68. The summed E-state index contributed by atoms with van der Waals surface area (Å²) in [6, 6.07) is 4.31. The van der Waals surface area contributed by atoms with Crippen LogP contribution in [-0.2, 0) is 0 Å². The van der Waals surface area contributed by atoms with Crippen molar-refractivity contribution in [1.29, 1.82) is 0 Å². The normalized spacial score (nSPS) is 22.9. The molecule has 1 saturated carbocycles. The molecule has 0 spiro atoms. The first kappa shape index (κ1) is 17.1. The van der Waals surface area contributed by atoms with E-state index in [0.29, 0.717) is 11.3 Å². The lowest BCUT2D eigenvalue weighted by Gasteiger charge is -2.32. The first-order valence-electron chi connectivity index (χ1n) is 8.16. The van der Waals surface area contributed by atoms with Crippen molar-refractivity contribution in [2.75, 3.05) is 12.8 Å². The second-order valence-electron chi connectivity index (χ2n) is 5.96. The van der Waals surface area contributed by atoms with E-state index in [1.165, 1.54) is 12.8 Å². The van der Waals surface area contributed by atoms with Gasteiger partial charge in [-0.15, -0.1) is 0 Å². The number of thioether (sulfide) groups is 1. The molecule has 3 atom stereocenters. The number of rotatable bonds is 5. The molecular formula is C17H27N3OS. The number of hydrogen-bond acceptors (Lipinski definition) is 3. The molecule has 4 nitrogen and oxygen atoms in total. The van der Waals surface area contributed by atoms with Gasteiger partial charge >= 0.3 is 6.03 Å². The predicted octanol–water partition coefficient (Wildman–Crippen LogP) is 3.85. The summed E-state index contributed by atoms with van der Waals surface area (Å²) in [5.74, 6) is 1.16. The van der Waals surface area contributed by atoms with Gasteiger partial charge in [0.1, 0.15) is 0 Å². The van der Waals surface area contributed by atoms with E-state index < -0.39 is 0 Å². The number of carbonyl (C=O) groups is 1. The molecule has 22 heavy (non-hydrogen) atoms. The zero-order valence-electron chi connectivity index (χ0n) is 13.8. The molecule has 1 aliphatic carbocycles. The highest BCUT2D eigenvalue weighted by Gasteiger charge is 2.25. The molecule has 0 aliphatic heterocycles. The van der Waals surface area contributed by atoms with Crippen LogP contribution in [0.4, 0.5) is 4.79 Å². The molecule has 1 aromatic rings. The molecule has 0 saturated heterocycles. The van der Waals surface area contributed by atoms with Crippen molar-refractivity contribution < 1.29 is 4.79 Å². The van der Waals surface area contributed by atoms with Crippen LogP contribution >= 0.6 is 11.8 Å². The average Bonchev–Trinajstić information content (AvgIpc) is 2.55. The highest BCUT2D eigenvalue weighted by molar-refractivity contribution is 7.99. The number of pyridine rings is 1. The van der Waals surface area contributed by atoms with Gasteiger partial charge in [0.25, 0.3) is 0 Å². The summed E-state index contributed by atoms with van der Waals surface area (Å²) in [6.45, 7) is 4.25. The second-order valence-corrected chi connectivity index (χ2v) is 7.54. The monoisotopic (exact) mass is 321 g/mol. The average molecular weight is 321 g/mol. The van der Waals surface area contributed by atoms with E-state index in [2.05, 4.69) is 17.2 Å². The van der Waals surface area contributed by atoms with Crippen molar-refractivity contribution in [3.8, 4) is 0 Å². The third kappa shape index (κ3) is 4.63. The fraction of sp³-hybridized carbons (Fsp3) is 0.647. The van der Waals surface area contributed by atoms with Crippen LogP contribution in [0, 0.1) is 0 Å². The predicted molar refractivity (Wildman–Crippen MR) is 93.1 cm³/mol. The number of amides is 2. The first-order chi connectivity index (χ1) is 10.6. The van der Waals surface area contributed by atoms with Gasteiger partial charge in [-0.2, -0.15) is 11.8 Å². The van der Waals surface area contributed by atoms with Crippen molar-refractivity contribution in [3.05, 3.63) is 30.1 Å². The van der Waals surface area contributed by atoms with E-state index in [1.54, 1.807) is 17.3 Å².